The van der Waals surface area contributed by atoms with Gasteiger partial charge in [0.1, 0.15) is 40.0 Å². The summed E-state index contributed by atoms with van der Waals surface area (Å²) in [5, 5.41) is 21.0. The van der Waals surface area contributed by atoms with Gasteiger partial charge in [0.15, 0.2) is 11.5 Å². The van der Waals surface area contributed by atoms with Gasteiger partial charge >= 0.3 is 0 Å². The third kappa shape index (κ3) is 5.15. The van der Waals surface area contributed by atoms with E-state index in [4.69, 9.17) is 9.47 Å². The SMILES string of the molecule is N#CC(=CC1CC1)C(=O)N1CC[C@@H](Nc2n[nH]c3nccc(Oc4ccc(Oc5ccccc5)cc4)c23)C1. The summed E-state index contributed by atoms with van der Waals surface area (Å²) in [5.74, 6) is 3.52. The van der Waals surface area contributed by atoms with Crippen LogP contribution in [0.3, 0.4) is 0 Å². The summed E-state index contributed by atoms with van der Waals surface area (Å²) >= 11 is 0. The summed E-state index contributed by atoms with van der Waals surface area (Å²) in [6, 6.07) is 20.9. The Balaban J connectivity index is 1.15. The van der Waals surface area contributed by atoms with Crippen LogP contribution in [0.15, 0.2) is 78.5 Å². The van der Waals surface area contributed by atoms with E-state index in [1.165, 1.54) is 0 Å². The van der Waals surface area contributed by atoms with Gasteiger partial charge in [-0.05, 0) is 61.6 Å². The molecule has 2 N–H and O–H groups in total. The van der Waals surface area contributed by atoms with Gasteiger partial charge < -0.3 is 19.7 Å². The molecule has 1 aliphatic carbocycles. The fraction of sp³-hybridized carbons (Fsp3) is 0.241. The number of nitrogens with zero attached hydrogens (tertiary/aromatic N) is 4. The zero-order valence-corrected chi connectivity index (χ0v) is 20.6. The molecule has 6 rings (SSSR count). The number of H-pyrrole nitrogens is 1. The fourth-order valence-electron chi connectivity index (χ4n) is 4.52. The molecule has 2 fully saturated rings. The highest BCUT2D eigenvalue weighted by atomic mass is 16.5. The van der Waals surface area contributed by atoms with E-state index >= 15 is 0 Å². The van der Waals surface area contributed by atoms with E-state index < -0.39 is 0 Å². The van der Waals surface area contributed by atoms with Gasteiger partial charge in [0.25, 0.3) is 5.91 Å². The molecule has 1 aliphatic heterocycles. The molecule has 1 saturated heterocycles. The number of aromatic amines is 1. The molecule has 3 heterocycles. The molecule has 4 aromatic rings. The van der Waals surface area contributed by atoms with Gasteiger partial charge in [-0.2, -0.15) is 10.4 Å². The Morgan fingerprint density at radius 2 is 1.76 bits per heavy atom. The summed E-state index contributed by atoms with van der Waals surface area (Å²) in [7, 11) is 0. The highest BCUT2D eigenvalue weighted by molar-refractivity contribution is 5.97. The van der Waals surface area contributed by atoms with Crippen LogP contribution >= 0.6 is 0 Å². The number of benzene rings is 2. The van der Waals surface area contributed by atoms with Gasteiger partial charge in [0, 0.05) is 31.4 Å². The quantitative estimate of drug-likeness (QED) is 0.242. The zero-order chi connectivity index (χ0) is 25.9. The van der Waals surface area contributed by atoms with Gasteiger partial charge in [0.2, 0.25) is 0 Å². The number of hydrogen-bond donors (Lipinski definition) is 2. The fourth-order valence-corrected chi connectivity index (χ4v) is 4.52. The molecule has 2 aromatic carbocycles. The Kier molecular flexibility index (Phi) is 6.36. The molecule has 0 unspecified atom stereocenters. The highest BCUT2D eigenvalue weighted by Crippen LogP contribution is 2.35. The molecule has 9 nitrogen and oxygen atoms in total. The number of rotatable bonds is 8. The number of hydrogen-bond acceptors (Lipinski definition) is 7. The van der Waals surface area contributed by atoms with Gasteiger partial charge in [-0.25, -0.2) is 4.98 Å². The summed E-state index contributed by atoms with van der Waals surface area (Å²) in [4.78, 5) is 18.9. The number of nitrogens with one attached hydrogen (secondary N) is 2. The Hall–Kier alpha value is -4.84. The minimum absolute atomic E-state index is 0.00575. The topological polar surface area (TPSA) is 116 Å². The maximum Gasteiger partial charge on any atom is 0.264 e. The second kappa shape index (κ2) is 10.3. The van der Waals surface area contributed by atoms with Crippen molar-refractivity contribution in [3.63, 3.8) is 0 Å². The predicted octanol–water partition coefficient (Wildman–Crippen LogP) is 5.42. The average molecular weight is 507 g/mol. The van der Waals surface area contributed by atoms with E-state index in [0.717, 1.165) is 30.4 Å². The van der Waals surface area contributed by atoms with Crippen molar-refractivity contribution < 1.29 is 14.3 Å². The van der Waals surface area contributed by atoms with Gasteiger partial charge in [-0.3, -0.25) is 9.89 Å². The molecule has 0 radical (unpaired) electrons. The summed E-state index contributed by atoms with van der Waals surface area (Å²) in [6.07, 6.45) is 6.34. The number of likely N-dealkylation sites (tertiary alicyclic amines) is 1. The van der Waals surface area contributed by atoms with Crippen molar-refractivity contribution in [1.29, 1.82) is 5.26 Å². The minimum atomic E-state index is -0.194. The second-order valence-electron chi connectivity index (χ2n) is 9.50. The molecule has 0 bridgehead atoms. The minimum Gasteiger partial charge on any atom is -0.457 e. The third-order valence-corrected chi connectivity index (χ3v) is 6.65. The van der Waals surface area contributed by atoms with Crippen molar-refractivity contribution in [2.45, 2.75) is 25.3 Å². The molecule has 190 valence electrons. The van der Waals surface area contributed by atoms with E-state index in [9.17, 15) is 10.1 Å². The van der Waals surface area contributed by atoms with Crippen LogP contribution in [-0.2, 0) is 4.79 Å². The maximum absolute atomic E-state index is 12.8. The number of pyridine rings is 1. The average Bonchev–Trinajstić information content (AvgIpc) is 3.49. The lowest BCUT2D eigenvalue weighted by molar-refractivity contribution is -0.125. The van der Waals surface area contributed by atoms with Crippen molar-refractivity contribution in [2.24, 2.45) is 5.92 Å². The molecule has 0 spiro atoms. The third-order valence-electron chi connectivity index (χ3n) is 6.65. The van der Waals surface area contributed by atoms with Crippen LogP contribution in [-0.4, -0.2) is 45.1 Å². The van der Waals surface area contributed by atoms with Crippen LogP contribution in [0.4, 0.5) is 5.82 Å². The standard InChI is InChI=1S/C29H26N6O3/c30-17-20(16-19-6-7-19)29(36)35-15-13-21(18-35)32-28-26-25(12-14-31-27(26)33-34-28)38-24-10-8-23(9-11-24)37-22-4-2-1-3-5-22/h1-5,8-12,14,16,19,21H,6-7,13,15,18H2,(H2,31,32,33,34)/t21-/m1/s1. The molecule has 2 aliphatic rings. The predicted molar refractivity (Wildman–Crippen MR) is 142 cm³/mol. The number of fused-ring (bicyclic) bond motifs is 1. The number of ether oxygens (including phenoxy) is 2. The van der Waals surface area contributed by atoms with Crippen molar-refractivity contribution in [3.8, 4) is 29.1 Å². The largest absolute Gasteiger partial charge is 0.457 e. The second-order valence-corrected chi connectivity index (χ2v) is 9.50. The zero-order valence-electron chi connectivity index (χ0n) is 20.6. The van der Waals surface area contributed by atoms with Crippen molar-refractivity contribution in [3.05, 3.63) is 78.5 Å². The highest BCUT2D eigenvalue weighted by Gasteiger charge is 2.30. The molecular formula is C29H26N6O3. The maximum atomic E-state index is 12.8. The number of nitriles is 1. The first kappa shape index (κ1) is 23.6. The van der Waals surface area contributed by atoms with Crippen molar-refractivity contribution in [2.75, 3.05) is 18.4 Å². The molecule has 1 amide bonds. The van der Waals surface area contributed by atoms with Crippen LogP contribution < -0.4 is 14.8 Å². The van der Waals surface area contributed by atoms with E-state index in [-0.39, 0.29) is 17.5 Å². The Bertz CT molecular complexity index is 1520. The number of amides is 1. The first-order chi connectivity index (χ1) is 18.7. The first-order valence-corrected chi connectivity index (χ1v) is 12.7. The van der Waals surface area contributed by atoms with E-state index in [1.54, 1.807) is 17.2 Å². The molecule has 1 atom stereocenters. The molecule has 1 saturated carbocycles. The van der Waals surface area contributed by atoms with Crippen LogP contribution in [0.5, 0.6) is 23.0 Å². The number of aromatic nitrogens is 3. The Labute approximate surface area is 219 Å². The Morgan fingerprint density at radius 1 is 1.03 bits per heavy atom. The van der Waals surface area contributed by atoms with Crippen LogP contribution in [0, 0.1) is 17.2 Å². The number of carbonyl (C=O) groups is 1. The molecular weight excluding hydrogens is 480 g/mol. The molecule has 38 heavy (non-hydrogen) atoms. The number of para-hydroxylation sites is 1. The van der Waals surface area contributed by atoms with Crippen molar-refractivity contribution in [1.82, 2.24) is 20.1 Å². The van der Waals surface area contributed by atoms with Crippen LogP contribution in [0.1, 0.15) is 19.3 Å². The van der Waals surface area contributed by atoms with E-state index in [0.29, 0.717) is 47.7 Å². The first-order valence-electron chi connectivity index (χ1n) is 12.7. The number of carbonyl (C=O) groups excluding carboxylic acids is 1. The van der Waals surface area contributed by atoms with E-state index in [1.807, 2.05) is 60.7 Å². The lowest BCUT2D eigenvalue weighted by Crippen LogP contribution is -2.32. The summed E-state index contributed by atoms with van der Waals surface area (Å²) < 4.78 is 12.1. The number of allylic oxidation sites excluding steroid dienone is 1. The smallest absolute Gasteiger partial charge is 0.264 e. The Morgan fingerprint density at radius 3 is 2.50 bits per heavy atom. The monoisotopic (exact) mass is 506 g/mol. The van der Waals surface area contributed by atoms with Crippen LogP contribution in [0.2, 0.25) is 0 Å². The molecule has 2 aromatic heterocycles. The van der Waals surface area contributed by atoms with Gasteiger partial charge in [-0.1, -0.05) is 24.3 Å². The number of anilines is 1. The summed E-state index contributed by atoms with van der Waals surface area (Å²) in [5.41, 5.74) is 0.845. The van der Waals surface area contributed by atoms with E-state index in [2.05, 4.69) is 26.6 Å². The normalized spacial score (nSPS) is 17.3. The lowest BCUT2D eigenvalue weighted by Gasteiger charge is -2.17. The van der Waals surface area contributed by atoms with Gasteiger partial charge in [0.05, 0.1) is 0 Å². The molecule has 9 heteroatoms. The van der Waals surface area contributed by atoms with Crippen molar-refractivity contribution >= 4 is 22.8 Å². The van der Waals surface area contributed by atoms with Gasteiger partial charge in [-0.15, -0.1) is 0 Å². The lowest BCUT2D eigenvalue weighted by atomic mass is 10.2. The van der Waals surface area contributed by atoms with Crippen LogP contribution in [0.25, 0.3) is 11.0 Å². The summed E-state index contributed by atoms with van der Waals surface area (Å²) in [6.45, 7) is 1.08.